The number of fused-ring (bicyclic) bond motifs is 1. The van der Waals surface area contributed by atoms with Gasteiger partial charge >= 0.3 is 24.8 Å². The first kappa shape index (κ1) is 20.3. The van der Waals surface area contributed by atoms with Gasteiger partial charge in [0.2, 0.25) is 0 Å². The predicted octanol–water partition coefficient (Wildman–Crippen LogP) is 4.39. The van der Waals surface area contributed by atoms with Crippen LogP contribution in [0.15, 0.2) is 78.0 Å². The van der Waals surface area contributed by atoms with Crippen molar-refractivity contribution in [3.8, 4) is 16.8 Å². The Bertz CT molecular complexity index is 1110. The molecule has 4 rings (SSSR count). The molecule has 1 heterocycles. The first-order valence-corrected chi connectivity index (χ1v) is 9.79. The normalized spacial score (nSPS) is 10.6. The van der Waals surface area contributed by atoms with Crippen molar-refractivity contribution < 1.29 is 9.90 Å². The van der Waals surface area contributed by atoms with Gasteiger partial charge in [0.1, 0.15) is 6.33 Å². The summed E-state index contributed by atoms with van der Waals surface area (Å²) in [5, 5.41) is 8.89. The number of aliphatic carboxylic acids is 1. The van der Waals surface area contributed by atoms with E-state index >= 15 is 0 Å². The molecule has 0 aliphatic heterocycles. The molecule has 0 atom stereocenters. The SMILES string of the molecule is CSc1ccc(-c2ccc3c(c2)ncn3-c2ccc(CC(=O)O)cc2)cc1.[LiH]. The number of carboxylic acid groups (broad SMARTS) is 1. The summed E-state index contributed by atoms with van der Waals surface area (Å²) in [5.74, 6) is -0.825. The van der Waals surface area contributed by atoms with Crippen molar-refractivity contribution in [1.29, 1.82) is 0 Å². The Labute approximate surface area is 179 Å². The van der Waals surface area contributed by atoms with E-state index < -0.39 is 5.97 Å². The standard InChI is InChI=1S/C22H18N2O2S.Li.H/c1-27-19-9-4-16(5-10-19)17-6-11-21-20(13-17)23-14-24(21)18-7-2-15(3-8-18)12-22(25)26;;/h2-11,13-14H,12H2,1H3,(H,25,26);;. The fourth-order valence-corrected chi connectivity index (χ4v) is 3.54. The third-order valence-electron chi connectivity index (χ3n) is 4.54. The van der Waals surface area contributed by atoms with Gasteiger partial charge in [0.15, 0.2) is 0 Å². The van der Waals surface area contributed by atoms with Crippen LogP contribution in [0.3, 0.4) is 0 Å². The first-order valence-electron chi connectivity index (χ1n) is 8.57. The molecule has 4 aromatic rings. The van der Waals surface area contributed by atoms with E-state index in [1.807, 2.05) is 28.8 Å². The van der Waals surface area contributed by atoms with E-state index in [0.717, 1.165) is 27.8 Å². The second-order valence-electron chi connectivity index (χ2n) is 6.28. The van der Waals surface area contributed by atoms with Crippen molar-refractivity contribution in [3.63, 3.8) is 0 Å². The van der Waals surface area contributed by atoms with Crippen LogP contribution in [0, 0.1) is 0 Å². The molecule has 6 heteroatoms. The van der Waals surface area contributed by atoms with E-state index in [1.54, 1.807) is 18.1 Å². The van der Waals surface area contributed by atoms with Gasteiger partial charge in [0.25, 0.3) is 0 Å². The van der Waals surface area contributed by atoms with Gasteiger partial charge in [-0.05, 0) is 59.3 Å². The Morgan fingerprint density at radius 3 is 2.32 bits per heavy atom. The maximum atomic E-state index is 10.8. The molecule has 3 aromatic carbocycles. The zero-order valence-electron chi connectivity index (χ0n) is 14.8. The van der Waals surface area contributed by atoms with Crippen LogP contribution < -0.4 is 0 Å². The van der Waals surface area contributed by atoms with Crippen LogP contribution in [-0.4, -0.2) is 45.7 Å². The fraction of sp³-hybridized carbons (Fsp3) is 0.0909. The van der Waals surface area contributed by atoms with Gasteiger partial charge in [-0.3, -0.25) is 9.36 Å². The third kappa shape index (κ3) is 4.18. The first-order chi connectivity index (χ1) is 13.1. The quantitative estimate of drug-likeness (QED) is 0.411. The Kier molecular flexibility index (Phi) is 6.31. The summed E-state index contributed by atoms with van der Waals surface area (Å²) < 4.78 is 2.01. The molecule has 0 fully saturated rings. The van der Waals surface area contributed by atoms with Crippen LogP contribution in [0.4, 0.5) is 0 Å². The van der Waals surface area contributed by atoms with Crippen LogP contribution in [0.25, 0.3) is 27.8 Å². The number of hydrogen-bond donors (Lipinski definition) is 1. The molecule has 0 saturated carbocycles. The zero-order valence-corrected chi connectivity index (χ0v) is 15.6. The summed E-state index contributed by atoms with van der Waals surface area (Å²) in [4.78, 5) is 16.6. The number of benzene rings is 3. The second kappa shape index (κ2) is 8.70. The molecule has 0 unspecified atom stereocenters. The summed E-state index contributed by atoms with van der Waals surface area (Å²) in [5.41, 5.74) is 6.00. The Balaban J connectivity index is 0.00000225. The number of carbonyl (C=O) groups is 1. The molecular weight excluding hydrogens is 363 g/mol. The molecule has 1 aromatic heterocycles. The molecule has 0 radical (unpaired) electrons. The van der Waals surface area contributed by atoms with E-state index in [2.05, 4.69) is 53.7 Å². The van der Waals surface area contributed by atoms with Crippen molar-refractivity contribution in [2.75, 3.05) is 6.26 Å². The number of rotatable bonds is 5. The van der Waals surface area contributed by atoms with Gasteiger partial charge in [-0.1, -0.05) is 30.3 Å². The Morgan fingerprint density at radius 1 is 1.00 bits per heavy atom. The number of nitrogens with zero attached hydrogens (tertiary/aromatic N) is 2. The van der Waals surface area contributed by atoms with Gasteiger partial charge in [-0.2, -0.15) is 0 Å². The molecule has 0 aliphatic carbocycles. The molecule has 0 aliphatic rings. The van der Waals surface area contributed by atoms with Gasteiger partial charge in [-0.25, -0.2) is 4.98 Å². The topological polar surface area (TPSA) is 55.1 Å². The zero-order chi connectivity index (χ0) is 18.8. The van der Waals surface area contributed by atoms with Crippen LogP contribution in [-0.2, 0) is 11.2 Å². The molecule has 0 bridgehead atoms. The van der Waals surface area contributed by atoms with Crippen LogP contribution in [0.2, 0.25) is 0 Å². The van der Waals surface area contributed by atoms with Crippen molar-refractivity contribution in [3.05, 3.63) is 78.6 Å². The fourth-order valence-electron chi connectivity index (χ4n) is 3.13. The molecule has 1 N–H and O–H groups in total. The van der Waals surface area contributed by atoms with Crippen LogP contribution >= 0.6 is 11.8 Å². The predicted molar refractivity (Wildman–Crippen MR) is 117 cm³/mol. The number of thioether (sulfide) groups is 1. The number of hydrogen-bond acceptors (Lipinski definition) is 3. The summed E-state index contributed by atoms with van der Waals surface area (Å²) in [6, 6.07) is 22.3. The van der Waals surface area contributed by atoms with Crippen LogP contribution in [0.1, 0.15) is 5.56 Å². The van der Waals surface area contributed by atoms with E-state index in [9.17, 15) is 4.79 Å². The Hall–Kier alpha value is -2.45. The summed E-state index contributed by atoms with van der Waals surface area (Å²) >= 11 is 1.73. The van der Waals surface area contributed by atoms with Crippen molar-refractivity contribution >= 4 is 47.6 Å². The molecular formula is C22H19LiN2O2S. The van der Waals surface area contributed by atoms with Crippen LogP contribution in [0.5, 0.6) is 0 Å². The molecule has 0 spiro atoms. The third-order valence-corrected chi connectivity index (χ3v) is 5.28. The maximum absolute atomic E-state index is 10.8. The monoisotopic (exact) mass is 382 g/mol. The summed E-state index contributed by atoms with van der Waals surface area (Å²) in [6.45, 7) is 0. The molecule has 0 amide bonds. The van der Waals surface area contributed by atoms with Gasteiger partial charge in [0.05, 0.1) is 17.5 Å². The van der Waals surface area contributed by atoms with E-state index in [4.69, 9.17) is 5.11 Å². The molecule has 136 valence electrons. The Morgan fingerprint density at radius 2 is 1.68 bits per heavy atom. The number of aromatic nitrogens is 2. The number of carboxylic acids is 1. The van der Waals surface area contributed by atoms with Gasteiger partial charge < -0.3 is 5.11 Å². The summed E-state index contributed by atoms with van der Waals surface area (Å²) in [7, 11) is 0. The van der Waals surface area contributed by atoms with Crippen molar-refractivity contribution in [2.24, 2.45) is 0 Å². The summed E-state index contributed by atoms with van der Waals surface area (Å²) in [6.07, 6.45) is 3.91. The molecule has 4 nitrogen and oxygen atoms in total. The van der Waals surface area contributed by atoms with Gasteiger partial charge in [0, 0.05) is 10.6 Å². The van der Waals surface area contributed by atoms with E-state index in [-0.39, 0.29) is 25.3 Å². The minimum atomic E-state index is -0.825. The van der Waals surface area contributed by atoms with Gasteiger partial charge in [-0.15, -0.1) is 11.8 Å². The number of imidazole rings is 1. The van der Waals surface area contributed by atoms with Crippen molar-refractivity contribution in [1.82, 2.24) is 9.55 Å². The van der Waals surface area contributed by atoms with E-state index in [0.29, 0.717) is 0 Å². The molecule has 0 saturated heterocycles. The minimum absolute atomic E-state index is 0. The average Bonchev–Trinajstić information content (AvgIpc) is 3.11. The second-order valence-corrected chi connectivity index (χ2v) is 7.16. The van der Waals surface area contributed by atoms with E-state index in [1.165, 1.54) is 10.5 Å². The molecule has 28 heavy (non-hydrogen) atoms. The van der Waals surface area contributed by atoms with Crippen molar-refractivity contribution in [2.45, 2.75) is 11.3 Å². The average molecular weight is 382 g/mol.